The summed E-state index contributed by atoms with van der Waals surface area (Å²) in [6, 6.07) is 10.9. The third-order valence-electron chi connectivity index (χ3n) is 3.95. The van der Waals surface area contributed by atoms with Crippen LogP contribution in [0.5, 0.6) is 5.75 Å². The van der Waals surface area contributed by atoms with E-state index in [0.717, 1.165) is 21.9 Å². The molecular formula is C18H22ClNO3S2. The summed E-state index contributed by atoms with van der Waals surface area (Å²) in [4.78, 5) is 0.293. The second-order valence-corrected chi connectivity index (χ2v) is 8.81. The molecule has 0 saturated heterocycles. The van der Waals surface area contributed by atoms with Crippen LogP contribution >= 0.6 is 23.4 Å². The van der Waals surface area contributed by atoms with Gasteiger partial charge in [-0.2, -0.15) is 11.8 Å². The van der Waals surface area contributed by atoms with E-state index < -0.39 is 10.0 Å². The van der Waals surface area contributed by atoms with E-state index in [0.29, 0.717) is 28.5 Å². The summed E-state index contributed by atoms with van der Waals surface area (Å²) in [6.07, 6.45) is 0. The average Bonchev–Trinajstić information content (AvgIpc) is 2.58. The molecule has 2 rings (SSSR count). The molecule has 2 aromatic carbocycles. The lowest BCUT2D eigenvalue weighted by Gasteiger charge is -2.13. The standard InChI is InChI=1S/C18H22ClNO3S2/c1-13-14(2)18(9-8-17(13)23-3)25(21,22)20-10-11-24-12-15-6-4-5-7-16(15)19/h4-9,20H,10-12H2,1-3H3. The van der Waals surface area contributed by atoms with Crippen molar-refractivity contribution in [3.05, 3.63) is 58.1 Å². The zero-order valence-electron chi connectivity index (χ0n) is 14.5. The summed E-state index contributed by atoms with van der Waals surface area (Å²) in [5.41, 5.74) is 2.59. The third-order valence-corrected chi connectivity index (χ3v) is 6.93. The molecule has 0 aromatic heterocycles. The lowest BCUT2D eigenvalue weighted by molar-refractivity contribution is 0.410. The van der Waals surface area contributed by atoms with Crippen molar-refractivity contribution in [2.75, 3.05) is 19.4 Å². The summed E-state index contributed by atoms with van der Waals surface area (Å²) < 4.78 is 32.9. The van der Waals surface area contributed by atoms with Gasteiger partial charge in [0.05, 0.1) is 12.0 Å². The molecule has 0 amide bonds. The highest BCUT2D eigenvalue weighted by Gasteiger charge is 2.18. The highest BCUT2D eigenvalue weighted by molar-refractivity contribution is 7.98. The molecule has 0 aliphatic carbocycles. The number of halogens is 1. The van der Waals surface area contributed by atoms with Crippen molar-refractivity contribution in [2.45, 2.75) is 24.5 Å². The van der Waals surface area contributed by atoms with Crippen LogP contribution in [-0.2, 0) is 15.8 Å². The van der Waals surface area contributed by atoms with Crippen molar-refractivity contribution in [3.8, 4) is 5.75 Å². The van der Waals surface area contributed by atoms with Crippen molar-refractivity contribution in [1.82, 2.24) is 4.72 Å². The summed E-state index contributed by atoms with van der Waals surface area (Å²) in [7, 11) is -1.96. The van der Waals surface area contributed by atoms with E-state index in [1.165, 1.54) is 0 Å². The van der Waals surface area contributed by atoms with Gasteiger partial charge in [-0.3, -0.25) is 0 Å². The van der Waals surface area contributed by atoms with Crippen LogP contribution in [0.25, 0.3) is 0 Å². The van der Waals surface area contributed by atoms with Gasteiger partial charge in [0.2, 0.25) is 10.0 Å². The largest absolute Gasteiger partial charge is 0.496 e. The van der Waals surface area contributed by atoms with Crippen LogP contribution in [0.3, 0.4) is 0 Å². The number of sulfonamides is 1. The van der Waals surface area contributed by atoms with Crippen molar-refractivity contribution < 1.29 is 13.2 Å². The van der Waals surface area contributed by atoms with Gasteiger partial charge >= 0.3 is 0 Å². The van der Waals surface area contributed by atoms with Gasteiger partial charge < -0.3 is 4.74 Å². The number of hydrogen-bond acceptors (Lipinski definition) is 4. The molecule has 0 atom stereocenters. The third kappa shape index (κ3) is 5.14. The molecule has 4 nitrogen and oxygen atoms in total. The van der Waals surface area contributed by atoms with E-state index in [1.807, 2.05) is 31.2 Å². The lowest BCUT2D eigenvalue weighted by atomic mass is 10.1. The quantitative estimate of drug-likeness (QED) is 0.676. The zero-order chi connectivity index (χ0) is 18.4. The highest BCUT2D eigenvalue weighted by atomic mass is 35.5. The van der Waals surface area contributed by atoms with Crippen molar-refractivity contribution in [1.29, 1.82) is 0 Å². The molecule has 25 heavy (non-hydrogen) atoms. The highest BCUT2D eigenvalue weighted by Crippen LogP contribution is 2.26. The number of methoxy groups -OCH3 is 1. The molecule has 0 radical (unpaired) electrons. The molecule has 0 aliphatic heterocycles. The maximum absolute atomic E-state index is 12.5. The first-order valence-electron chi connectivity index (χ1n) is 7.82. The number of thioether (sulfide) groups is 1. The van der Waals surface area contributed by atoms with E-state index in [1.54, 1.807) is 37.9 Å². The van der Waals surface area contributed by atoms with Gasteiger partial charge in [-0.1, -0.05) is 29.8 Å². The SMILES string of the molecule is COc1ccc(S(=O)(=O)NCCSCc2ccccc2Cl)c(C)c1C. The Bertz CT molecular complexity index is 838. The van der Waals surface area contributed by atoms with Crippen LogP contribution in [0.2, 0.25) is 5.02 Å². The number of rotatable bonds is 8. The Morgan fingerprint density at radius 1 is 1.12 bits per heavy atom. The van der Waals surface area contributed by atoms with Crippen LogP contribution in [0.15, 0.2) is 41.3 Å². The zero-order valence-corrected chi connectivity index (χ0v) is 16.9. The first-order chi connectivity index (χ1) is 11.9. The normalized spacial score (nSPS) is 11.5. The Morgan fingerprint density at radius 3 is 2.52 bits per heavy atom. The second kappa shape index (κ2) is 8.94. The Labute approximate surface area is 159 Å². The number of benzene rings is 2. The molecule has 0 saturated carbocycles. The molecule has 1 N–H and O–H groups in total. The summed E-state index contributed by atoms with van der Waals surface area (Å²) in [5, 5.41) is 0.736. The van der Waals surface area contributed by atoms with Crippen molar-refractivity contribution in [2.24, 2.45) is 0 Å². The van der Waals surface area contributed by atoms with Gasteiger partial charge in [0, 0.05) is 23.1 Å². The van der Waals surface area contributed by atoms with Crippen LogP contribution in [0.1, 0.15) is 16.7 Å². The number of ether oxygens (including phenoxy) is 1. The molecule has 0 fully saturated rings. The molecule has 0 heterocycles. The molecule has 0 bridgehead atoms. The molecular weight excluding hydrogens is 378 g/mol. The van der Waals surface area contributed by atoms with Gasteiger partial charge in [0.15, 0.2) is 0 Å². The number of nitrogens with one attached hydrogen (secondary N) is 1. The monoisotopic (exact) mass is 399 g/mol. The van der Waals surface area contributed by atoms with E-state index in [4.69, 9.17) is 16.3 Å². The Kier molecular flexibility index (Phi) is 7.19. The maximum Gasteiger partial charge on any atom is 0.240 e. The summed E-state index contributed by atoms with van der Waals surface area (Å²) in [6.45, 7) is 4.01. The predicted octanol–water partition coefficient (Wildman–Crippen LogP) is 4.18. The fourth-order valence-electron chi connectivity index (χ4n) is 2.41. The molecule has 2 aromatic rings. The molecule has 136 valence electrons. The predicted molar refractivity (Wildman–Crippen MR) is 105 cm³/mol. The summed E-state index contributed by atoms with van der Waals surface area (Å²) in [5.74, 6) is 2.10. The van der Waals surface area contributed by atoms with Crippen LogP contribution < -0.4 is 9.46 Å². The Hall–Kier alpha value is -1.21. The summed E-state index contributed by atoms with van der Waals surface area (Å²) >= 11 is 7.75. The first kappa shape index (κ1) is 20.1. The maximum atomic E-state index is 12.5. The minimum atomic E-state index is -3.54. The molecule has 0 spiro atoms. The van der Waals surface area contributed by atoms with Gasteiger partial charge in [-0.05, 0) is 48.7 Å². The van der Waals surface area contributed by atoms with Crippen LogP contribution in [0.4, 0.5) is 0 Å². The van der Waals surface area contributed by atoms with E-state index in [9.17, 15) is 8.42 Å². The van der Waals surface area contributed by atoms with Crippen LogP contribution in [-0.4, -0.2) is 27.8 Å². The van der Waals surface area contributed by atoms with E-state index in [-0.39, 0.29) is 0 Å². The molecule has 0 unspecified atom stereocenters. The van der Waals surface area contributed by atoms with Gasteiger partial charge in [-0.15, -0.1) is 0 Å². The van der Waals surface area contributed by atoms with Gasteiger partial charge in [-0.25, -0.2) is 13.1 Å². The minimum absolute atomic E-state index is 0.293. The minimum Gasteiger partial charge on any atom is -0.496 e. The molecule has 7 heteroatoms. The Morgan fingerprint density at radius 2 is 1.84 bits per heavy atom. The van der Waals surface area contributed by atoms with E-state index in [2.05, 4.69) is 4.72 Å². The van der Waals surface area contributed by atoms with Gasteiger partial charge in [0.1, 0.15) is 5.75 Å². The average molecular weight is 400 g/mol. The molecule has 0 aliphatic rings. The first-order valence-corrected chi connectivity index (χ1v) is 10.8. The fraction of sp³-hybridized carbons (Fsp3) is 0.333. The fourth-order valence-corrected chi connectivity index (χ4v) is 5.01. The number of hydrogen-bond donors (Lipinski definition) is 1. The lowest BCUT2D eigenvalue weighted by Crippen LogP contribution is -2.27. The van der Waals surface area contributed by atoms with Crippen molar-refractivity contribution >= 4 is 33.4 Å². The Balaban J connectivity index is 1.92. The second-order valence-electron chi connectivity index (χ2n) is 5.56. The van der Waals surface area contributed by atoms with Crippen molar-refractivity contribution in [3.63, 3.8) is 0 Å². The van der Waals surface area contributed by atoms with E-state index >= 15 is 0 Å². The smallest absolute Gasteiger partial charge is 0.240 e. The van der Waals surface area contributed by atoms with Gasteiger partial charge in [0.25, 0.3) is 0 Å². The topological polar surface area (TPSA) is 55.4 Å². The van der Waals surface area contributed by atoms with Crippen LogP contribution in [0, 0.1) is 13.8 Å².